The highest BCUT2D eigenvalue weighted by Gasteiger charge is 2.21. The molecule has 1 aromatic rings. The first-order valence-electron chi connectivity index (χ1n) is 5.46. The molecule has 0 unspecified atom stereocenters. The lowest BCUT2D eigenvalue weighted by molar-refractivity contribution is -0.117. The van der Waals surface area contributed by atoms with Crippen LogP contribution in [0.3, 0.4) is 0 Å². The molecular weight excluding hydrogens is 243 g/mol. The summed E-state index contributed by atoms with van der Waals surface area (Å²) in [6.07, 6.45) is 1.74. The van der Waals surface area contributed by atoms with Crippen LogP contribution in [0.25, 0.3) is 0 Å². The molecule has 1 amide bonds. The maximum atomic E-state index is 13.1. The van der Waals surface area contributed by atoms with Gasteiger partial charge in [0.25, 0.3) is 0 Å². The fourth-order valence-corrected chi connectivity index (χ4v) is 2.07. The Bertz CT molecular complexity index is 411. The zero-order chi connectivity index (χ0) is 11.5. The Labute approximate surface area is 106 Å². The standard InChI is InChI=1S/C12H15FN2O.ClH/c1-14-8-12(16)15-6-2-3-9-7-10(13)4-5-11(9)15;/h4-5,7,14H,2-3,6,8H2,1H3;1H. The second kappa shape index (κ2) is 5.98. The lowest BCUT2D eigenvalue weighted by atomic mass is 10.0. The number of nitrogens with one attached hydrogen (secondary N) is 1. The van der Waals surface area contributed by atoms with E-state index in [1.165, 1.54) is 12.1 Å². The molecule has 1 aliphatic rings. The third kappa shape index (κ3) is 2.96. The fraction of sp³-hybridized carbons (Fsp3) is 0.417. The van der Waals surface area contributed by atoms with Gasteiger partial charge < -0.3 is 10.2 Å². The molecule has 0 spiro atoms. The SMILES string of the molecule is CNCC(=O)N1CCCc2cc(F)ccc21.Cl. The van der Waals surface area contributed by atoms with Crippen molar-refractivity contribution in [1.82, 2.24) is 5.32 Å². The van der Waals surface area contributed by atoms with Gasteiger partial charge in [0.2, 0.25) is 5.91 Å². The van der Waals surface area contributed by atoms with Gasteiger partial charge in [-0.25, -0.2) is 4.39 Å². The maximum Gasteiger partial charge on any atom is 0.240 e. The Morgan fingerprint density at radius 3 is 3.00 bits per heavy atom. The Morgan fingerprint density at radius 1 is 1.53 bits per heavy atom. The van der Waals surface area contributed by atoms with E-state index in [1.54, 1.807) is 18.0 Å². The average molecular weight is 259 g/mol. The number of benzene rings is 1. The van der Waals surface area contributed by atoms with E-state index >= 15 is 0 Å². The summed E-state index contributed by atoms with van der Waals surface area (Å²) in [5, 5.41) is 2.84. The lowest BCUT2D eigenvalue weighted by Gasteiger charge is -2.29. The van der Waals surface area contributed by atoms with Crippen molar-refractivity contribution in [3.05, 3.63) is 29.6 Å². The monoisotopic (exact) mass is 258 g/mol. The molecule has 0 atom stereocenters. The molecule has 1 aromatic carbocycles. The smallest absolute Gasteiger partial charge is 0.240 e. The summed E-state index contributed by atoms with van der Waals surface area (Å²) in [5.41, 5.74) is 1.78. The lowest BCUT2D eigenvalue weighted by Crippen LogP contribution is -2.40. The van der Waals surface area contributed by atoms with E-state index in [2.05, 4.69) is 5.32 Å². The number of aryl methyl sites for hydroxylation is 1. The van der Waals surface area contributed by atoms with Crippen LogP contribution in [0, 0.1) is 5.82 Å². The highest BCUT2D eigenvalue weighted by atomic mass is 35.5. The van der Waals surface area contributed by atoms with Crippen LogP contribution in [0.15, 0.2) is 18.2 Å². The van der Waals surface area contributed by atoms with Crippen LogP contribution < -0.4 is 10.2 Å². The quantitative estimate of drug-likeness (QED) is 0.877. The molecule has 1 N–H and O–H groups in total. The minimum Gasteiger partial charge on any atom is -0.311 e. The molecule has 0 fully saturated rings. The number of carbonyl (C=O) groups excluding carboxylic acids is 1. The molecule has 5 heteroatoms. The Morgan fingerprint density at radius 2 is 2.29 bits per heavy atom. The summed E-state index contributed by atoms with van der Waals surface area (Å²) in [6.45, 7) is 1.04. The molecule has 2 rings (SSSR count). The molecular formula is C12H16ClFN2O. The summed E-state index contributed by atoms with van der Waals surface area (Å²) >= 11 is 0. The predicted octanol–water partition coefficient (Wildman–Crippen LogP) is 1.75. The number of hydrogen-bond acceptors (Lipinski definition) is 2. The van der Waals surface area contributed by atoms with Crippen LogP contribution in [0.1, 0.15) is 12.0 Å². The van der Waals surface area contributed by atoms with E-state index in [0.29, 0.717) is 6.54 Å². The largest absolute Gasteiger partial charge is 0.311 e. The third-order valence-electron chi connectivity index (χ3n) is 2.79. The highest BCUT2D eigenvalue weighted by Crippen LogP contribution is 2.27. The highest BCUT2D eigenvalue weighted by molar-refractivity contribution is 5.95. The van der Waals surface area contributed by atoms with Gasteiger partial charge in [-0.2, -0.15) is 0 Å². The van der Waals surface area contributed by atoms with Crippen LogP contribution in [-0.4, -0.2) is 26.0 Å². The number of nitrogens with zero attached hydrogens (tertiary/aromatic N) is 1. The maximum absolute atomic E-state index is 13.1. The first-order chi connectivity index (χ1) is 7.72. The van der Waals surface area contributed by atoms with Crippen molar-refractivity contribution in [3.8, 4) is 0 Å². The van der Waals surface area contributed by atoms with Crippen molar-refractivity contribution in [2.45, 2.75) is 12.8 Å². The van der Waals surface area contributed by atoms with Crippen molar-refractivity contribution in [2.75, 3.05) is 25.0 Å². The van der Waals surface area contributed by atoms with E-state index in [9.17, 15) is 9.18 Å². The van der Waals surface area contributed by atoms with E-state index in [0.717, 1.165) is 30.6 Å². The van der Waals surface area contributed by atoms with E-state index in [1.807, 2.05) is 0 Å². The van der Waals surface area contributed by atoms with Crippen LogP contribution >= 0.6 is 12.4 Å². The number of likely N-dealkylation sites (N-methyl/N-ethyl adjacent to an activating group) is 1. The summed E-state index contributed by atoms with van der Waals surface area (Å²) in [4.78, 5) is 13.5. The van der Waals surface area contributed by atoms with Gasteiger partial charge in [-0.3, -0.25) is 4.79 Å². The predicted molar refractivity (Wildman–Crippen MR) is 68.2 cm³/mol. The molecule has 0 aliphatic carbocycles. The number of carbonyl (C=O) groups is 1. The number of anilines is 1. The summed E-state index contributed by atoms with van der Waals surface area (Å²) in [6, 6.07) is 4.62. The van der Waals surface area contributed by atoms with Crippen LogP contribution in [0.5, 0.6) is 0 Å². The topological polar surface area (TPSA) is 32.3 Å². The van der Waals surface area contributed by atoms with Crippen molar-refractivity contribution in [2.24, 2.45) is 0 Å². The van der Waals surface area contributed by atoms with Gasteiger partial charge in [0, 0.05) is 12.2 Å². The summed E-state index contributed by atoms with van der Waals surface area (Å²) in [7, 11) is 1.74. The number of hydrogen-bond donors (Lipinski definition) is 1. The molecule has 1 heterocycles. The number of halogens is 2. The Hall–Kier alpha value is -1.13. The van der Waals surface area contributed by atoms with Gasteiger partial charge in [0.05, 0.1) is 6.54 Å². The van der Waals surface area contributed by atoms with E-state index in [4.69, 9.17) is 0 Å². The van der Waals surface area contributed by atoms with Crippen molar-refractivity contribution >= 4 is 24.0 Å². The van der Waals surface area contributed by atoms with Gasteiger partial charge in [-0.15, -0.1) is 12.4 Å². The minimum atomic E-state index is -0.235. The van der Waals surface area contributed by atoms with E-state index in [-0.39, 0.29) is 24.1 Å². The average Bonchev–Trinajstić information content (AvgIpc) is 2.28. The van der Waals surface area contributed by atoms with Crippen LogP contribution in [0.4, 0.5) is 10.1 Å². The van der Waals surface area contributed by atoms with Crippen molar-refractivity contribution < 1.29 is 9.18 Å². The normalized spacial score (nSPS) is 13.9. The van der Waals surface area contributed by atoms with Gasteiger partial charge in [-0.1, -0.05) is 0 Å². The molecule has 0 saturated heterocycles. The number of rotatable bonds is 2. The zero-order valence-electron chi connectivity index (χ0n) is 9.70. The van der Waals surface area contributed by atoms with Gasteiger partial charge >= 0.3 is 0 Å². The first kappa shape index (κ1) is 13.9. The molecule has 3 nitrogen and oxygen atoms in total. The molecule has 0 bridgehead atoms. The Balaban J connectivity index is 0.00000144. The molecule has 0 aromatic heterocycles. The zero-order valence-corrected chi connectivity index (χ0v) is 10.5. The molecule has 1 aliphatic heterocycles. The summed E-state index contributed by atoms with van der Waals surface area (Å²) in [5.74, 6) is -0.197. The third-order valence-corrected chi connectivity index (χ3v) is 2.79. The second-order valence-corrected chi connectivity index (χ2v) is 3.95. The minimum absolute atomic E-state index is 0. The van der Waals surface area contributed by atoms with Crippen LogP contribution in [0.2, 0.25) is 0 Å². The van der Waals surface area contributed by atoms with Crippen molar-refractivity contribution in [3.63, 3.8) is 0 Å². The fourth-order valence-electron chi connectivity index (χ4n) is 2.07. The van der Waals surface area contributed by atoms with Gasteiger partial charge in [0.1, 0.15) is 5.82 Å². The van der Waals surface area contributed by atoms with Crippen LogP contribution in [-0.2, 0) is 11.2 Å². The number of fused-ring (bicyclic) bond motifs is 1. The molecule has 94 valence electrons. The number of amides is 1. The second-order valence-electron chi connectivity index (χ2n) is 3.95. The molecule has 0 saturated carbocycles. The molecule has 17 heavy (non-hydrogen) atoms. The first-order valence-corrected chi connectivity index (χ1v) is 5.46. The van der Waals surface area contributed by atoms with Gasteiger partial charge in [-0.05, 0) is 43.7 Å². The Kier molecular flexibility index (Phi) is 4.90. The molecule has 0 radical (unpaired) electrons. The van der Waals surface area contributed by atoms with Gasteiger partial charge in [0.15, 0.2) is 0 Å². The van der Waals surface area contributed by atoms with Crippen molar-refractivity contribution in [1.29, 1.82) is 0 Å². The van der Waals surface area contributed by atoms with E-state index < -0.39 is 0 Å². The summed E-state index contributed by atoms with van der Waals surface area (Å²) < 4.78 is 13.1.